The van der Waals surface area contributed by atoms with Gasteiger partial charge < -0.3 is 9.64 Å². The largest absolute Gasteiger partial charge is 0.383 e. The molecule has 0 N–H and O–H groups in total. The molecule has 102 valence electrons. The van der Waals surface area contributed by atoms with Crippen LogP contribution in [0.25, 0.3) is 0 Å². The van der Waals surface area contributed by atoms with Gasteiger partial charge in [-0.25, -0.2) is 4.39 Å². The summed E-state index contributed by atoms with van der Waals surface area (Å²) in [6.07, 6.45) is 0.236. The van der Waals surface area contributed by atoms with Crippen molar-refractivity contribution in [3.63, 3.8) is 0 Å². The Balaban J connectivity index is 2.94. The molecule has 6 nitrogen and oxygen atoms in total. The highest BCUT2D eigenvalue weighted by Gasteiger charge is 2.15. The molecule has 0 unspecified atom stereocenters. The Kier molecular flexibility index (Phi) is 5.70. The summed E-state index contributed by atoms with van der Waals surface area (Å²) in [6.45, 7) is 1.13. The van der Waals surface area contributed by atoms with Crippen LogP contribution in [0.4, 0.5) is 15.8 Å². The molecule has 0 radical (unpaired) electrons. The highest BCUT2D eigenvalue weighted by molar-refractivity contribution is 5.52. The van der Waals surface area contributed by atoms with Crippen molar-refractivity contribution in [1.29, 1.82) is 5.26 Å². The first-order valence-electron chi connectivity index (χ1n) is 5.65. The summed E-state index contributed by atoms with van der Waals surface area (Å²) in [4.78, 5) is 11.5. The topological polar surface area (TPSA) is 79.4 Å². The quantitative estimate of drug-likeness (QED) is 0.558. The van der Waals surface area contributed by atoms with E-state index in [4.69, 9.17) is 10.00 Å². The van der Waals surface area contributed by atoms with Crippen LogP contribution in [-0.2, 0) is 4.74 Å². The number of hydrogen-bond donors (Lipinski definition) is 0. The number of non-ortho nitro benzene ring substituents is 1. The first-order valence-corrected chi connectivity index (χ1v) is 5.65. The molecule has 0 aliphatic heterocycles. The summed E-state index contributed by atoms with van der Waals surface area (Å²) in [5.41, 5.74) is -0.0638. The SMILES string of the molecule is COCCN(CCC#N)c1ccc([N+](=O)[O-])cc1F. The lowest BCUT2D eigenvalue weighted by atomic mass is 10.2. The average Bonchev–Trinajstić information content (AvgIpc) is 2.39. The van der Waals surface area contributed by atoms with E-state index < -0.39 is 10.7 Å². The molecule has 0 saturated heterocycles. The summed E-state index contributed by atoms with van der Waals surface area (Å²) in [7, 11) is 1.52. The van der Waals surface area contributed by atoms with Gasteiger partial charge in [0.15, 0.2) is 5.82 Å². The van der Waals surface area contributed by atoms with E-state index in [9.17, 15) is 14.5 Å². The van der Waals surface area contributed by atoms with Crippen LogP contribution in [0.1, 0.15) is 6.42 Å². The number of nitriles is 1. The van der Waals surface area contributed by atoms with Gasteiger partial charge in [-0.1, -0.05) is 0 Å². The minimum Gasteiger partial charge on any atom is -0.383 e. The van der Waals surface area contributed by atoms with Crippen molar-refractivity contribution in [2.45, 2.75) is 6.42 Å². The van der Waals surface area contributed by atoms with E-state index in [2.05, 4.69) is 0 Å². The van der Waals surface area contributed by atoms with Crippen molar-refractivity contribution >= 4 is 11.4 Å². The van der Waals surface area contributed by atoms with Crippen LogP contribution >= 0.6 is 0 Å². The summed E-state index contributed by atoms with van der Waals surface area (Å²) < 4.78 is 18.8. The Hall–Kier alpha value is -2.20. The predicted molar refractivity (Wildman–Crippen MR) is 67.4 cm³/mol. The van der Waals surface area contributed by atoms with Crippen molar-refractivity contribution < 1.29 is 14.1 Å². The van der Waals surface area contributed by atoms with Crippen LogP contribution in [0.3, 0.4) is 0 Å². The number of nitro benzene ring substituents is 1. The molecule has 0 fully saturated rings. The fourth-order valence-electron chi connectivity index (χ4n) is 1.60. The Morgan fingerprint density at radius 3 is 2.79 bits per heavy atom. The van der Waals surface area contributed by atoms with Crippen molar-refractivity contribution in [1.82, 2.24) is 0 Å². The molecule has 0 saturated carbocycles. The molecule has 1 aromatic rings. The molecule has 7 heteroatoms. The van der Waals surface area contributed by atoms with Gasteiger partial charge in [-0.2, -0.15) is 5.26 Å². The van der Waals surface area contributed by atoms with Crippen LogP contribution < -0.4 is 4.90 Å². The third kappa shape index (κ3) is 4.19. The maximum absolute atomic E-state index is 13.8. The third-order valence-electron chi connectivity index (χ3n) is 2.54. The Morgan fingerprint density at radius 2 is 2.26 bits per heavy atom. The molecule has 0 spiro atoms. The van der Waals surface area contributed by atoms with Gasteiger partial charge in [0.25, 0.3) is 5.69 Å². The van der Waals surface area contributed by atoms with Crippen molar-refractivity contribution in [3.05, 3.63) is 34.1 Å². The van der Waals surface area contributed by atoms with Crippen LogP contribution in [0.5, 0.6) is 0 Å². The van der Waals surface area contributed by atoms with E-state index >= 15 is 0 Å². The molecule has 0 aromatic heterocycles. The zero-order valence-corrected chi connectivity index (χ0v) is 10.5. The zero-order valence-electron chi connectivity index (χ0n) is 10.5. The van der Waals surface area contributed by atoms with Crippen LogP contribution in [-0.4, -0.2) is 31.7 Å². The van der Waals surface area contributed by atoms with Crippen LogP contribution in [0.2, 0.25) is 0 Å². The van der Waals surface area contributed by atoms with Gasteiger partial charge in [-0.15, -0.1) is 0 Å². The average molecular weight is 267 g/mol. The number of hydrogen-bond acceptors (Lipinski definition) is 5. The Morgan fingerprint density at radius 1 is 1.53 bits per heavy atom. The third-order valence-corrected chi connectivity index (χ3v) is 2.54. The standard InChI is InChI=1S/C12H14FN3O3/c1-19-8-7-15(6-2-5-14)12-4-3-10(16(17)18)9-11(12)13/h3-4,9H,2,6-8H2,1H3. The van der Waals surface area contributed by atoms with Gasteiger partial charge in [0.05, 0.1) is 35.8 Å². The van der Waals surface area contributed by atoms with E-state index in [0.29, 0.717) is 19.7 Å². The monoisotopic (exact) mass is 267 g/mol. The Labute approximate surface area is 110 Å². The van der Waals surface area contributed by atoms with E-state index in [-0.39, 0.29) is 17.8 Å². The maximum atomic E-state index is 13.8. The second-order valence-corrected chi connectivity index (χ2v) is 3.78. The fourth-order valence-corrected chi connectivity index (χ4v) is 1.60. The van der Waals surface area contributed by atoms with Gasteiger partial charge in [0.1, 0.15) is 0 Å². The van der Waals surface area contributed by atoms with Gasteiger partial charge in [0.2, 0.25) is 0 Å². The number of nitro groups is 1. The fraction of sp³-hybridized carbons (Fsp3) is 0.417. The molecule has 0 amide bonds. The number of ether oxygens (including phenoxy) is 1. The molecule has 1 aromatic carbocycles. The van der Waals surface area contributed by atoms with E-state index in [0.717, 1.165) is 6.07 Å². The molecule has 0 heterocycles. The number of methoxy groups -OCH3 is 1. The van der Waals surface area contributed by atoms with Gasteiger partial charge in [-0.3, -0.25) is 10.1 Å². The van der Waals surface area contributed by atoms with Gasteiger partial charge in [-0.05, 0) is 6.07 Å². The van der Waals surface area contributed by atoms with Crippen LogP contribution in [0.15, 0.2) is 18.2 Å². The van der Waals surface area contributed by atoms with E-state index in [1.54, 1.807) is 4.90 Å². The lowest BCUT2D eigenvalue weighted by molar-refractivity contribution is -0.385. The predicted octanol–water partition coefficient (Wildman–Crippen LogP) is 2.10. The molecular weight excluding hydrogens is 253 g/mol. The first-order chi connectivity index (χ1) is 9.10. The van der Waals surface area contributed by atoms with Crippen molar-refractivity contribution in [3.8, 4) is 6.07 Å². The van der Waals surface area contributed by atoms with Crippen molar-refractivity contribution in [2.75, 3.05) is 31.7 Å². The van der Waals surface area contributed by atoms with Gasteiger partial charge in [0, 0.05) is 26.3 Å². The summed E-state index contributed by atoms with van der Waals surface area (Å²) in [5, 5.41) is 19.1. The summed E-state index contributed by atoms with van der Waals surface area (Å²) in [5.74, 6) is -0.678. The first kappa shape index (κ1) is 14.9. The second-order valence-electron chi connectivity index (χ2n) is 3.78. The van der Waals surface area contributed by atoms with Gasteiger partial charge >= 0.3 is 0 Å². The number of halogens is 1. The highest BCUT2D eigenvalue weighted by Crippen LogP contribution is 2.24. The lowest BCUT2D eigenvalue weighted by Gasteiger charge is -2.23. The molecule has 0 aliphatic carbocycles. The maximum Gasteiger partial charge on any atom is 0.272 e. The highest BCUT2D eigenvalue weighted by atomic mass is 19.1. The minimum atomic E-state index is -0.678. The van der Waals surface area contributed by atoms with Crippen molar-refractivity contribution in [2.24, 2.45) is 0 Å². The number of anilines is 1. The number of benzene rings is 1. The lowest BCUT2D eigenvalue weighted by Crippen LogP contribution is -2.29. The molecule has 0 bridgehead atoms. The van der Waals surface area contributed by atoms with Crippen LogP contribution in [0, 0.1) is 27.3 Å². The molecule has 19 heavy (non-hydrogen) atoms. The zero-order chi connectivity index (χ0) is 14.3. The number of nitrogens with zero attached hydrogens (tertiary/aromatic N) is 3. The Bertz CT molecular complexity index is 488. The van der Waals surface area contributed by atoms with E-state index in [1.165, 1.54) is 19.2 Å². The molecular formula is C12H14FN3O3. The van der Waals surface area contributed by atoms with E-state index in [1.807, 2.05) is 6.07 Å². The molecule has 1 rings (SSSR count). The second kappa shape index (κ2) is 7.28. The molecule has 0 atom stereocenters. The minimum absolute atomic E-state index is 0.234. The summed E-state index contributed by atoms with van der Waals surface area (Å²) >= 11 is 0. The number of rotatable bonds is 7. The molecule has 0 aliphatic rings. The summed E-state index contributed by atoms with van der Waals surface area (Å²) in [6, 6.07) is 5.45. The normalized spacial score (nSPS) is 9.95. The smallest absolute Gasteiger partial charge is 0.272 e.